The van der Waals surface area contributed by atoms with Crippen molar-refractivity contribution in [3.05, 3.63) is 48.3 Å². The van der Waals surface area contributed by atoms with Crippen LogP contribution in [0.4, 0.5) is 4.79 Å². The van der Waals surface area contributed by atoms with Gasteiger partial charge in [0.05, 0.1) is 12.4 Å². The van der Waals surface area contributed by atoms with Crippen LogP contribution in [0.5, 0.6) is 5.75 Å². The number of aromatic nitrogens is 2. The van der Waals surface area contributed by atoms with Crippen LogP contribution in [0.15, 0.2) is 42.7 Å². The molecule has 0 N–H and O–H groups in total. The molecule has 2 rings (SSSR count). The summed E-state index contributed by atoms with van der Waals surface area (Å²) in [5.41, 5.74) is 0.796. The quantitative estimate of drug-likeness (QED) is 0.817. The van der Waals surface area contributed by atoms with Crippen molar-refractivity contribution in [2.24, 2.45) is 0 Å². The first-order valence-electron chi connectivity index (χ1n) is 6.58. The summed E-state index contributed by atoms with van der Waals surface area (Å²) >= 11 is 5.29. The van der Waals surface area contributed by atoms with E-state index in [9.17, 15) is 4.79 Å². The van der Waals surface area contributed by atoms with Crippen LogP contribution >= 0.6 is 12.2 Å². The molecule has 0 aliphatic rings. The van der Waals surface area contributed by atoms with Crippen molar-refractivity contribution < 1.29 is 9.53 Å². The van der Waals surface area contributed by atoms with Crippen molar-refractivity contribution in [1.29, 1.82) is 0 Å². The highest BCUT2D eigenvalue weighted by Crippen LogP contribution is 2.14. The molecule has 0 saturated heterocycles. The Morgan fingerprint density at radius 3 is 2.57 bits per heavy atom. The molecule has 0 unspecified atom stereocenters. The zero-order valence-corrected chi connectivity index (χ0v) is 13.0. The lowest BCUT2D eigenvalue weighted by atomic mass is 10.2. The third kappa shape index (κ3) is 3.66. The summed E-state index contributed by atoms with van der Waals surface area (Å²) in [6, 6.07) is 9.54. The summed E-state index contributed by atoms with van der Waals surface area (Å²) in [6.45, 7) is 3.99. The average Bonchev–Trinajstić information content (AvgIpc) is 2.95. The van der Waals surface area contributed by atoms with Crippen molar-refractivity contribution in [1.82, 2.24) is 14.7 Å². The molecule has 2 aromatic rings. The number of benzene rings is 1. The van der Waals surface area contributed by atoms with Gasteiger partial charge in [-0.3, -0.25) is 9.58 Å². The maximum Gasteiger partial charge on any atom is 0.420 e. The standard InChI is InChI=1S/C15H17N3O2S/c1-11(2)18-10-13(9-16-18)20-15(19)17(3)14(21)12-7-5-4-6-8-12/h4-11H,1-3H3. The van der Waals surface area contributed by atoms with E-state index in [0.717, 1.165) is 5.56 Å². The number of hydrogen-bond donors (Lipinski definition) is 0. The van der Waals surface area contributed by atoms with E-state index in [1.807, 2.05) is 44.2 Å². The summed E-state index contributed by atoms with van der Waals surface area (Å²) in [5, 5.41) is 4.12. The maximum absolute atomic E-state index is 12.1. The minimum absolute atomic E-state index is 0.209. The average molecular weight is 303 g/mol. The molecule has 0 atom stereocenters. The lowest BCUT2D eigenvalue weighted by molar-refractivity contribution is 0.183. The molecule has 0 bridgehead atoms. The van der Waals surface area contributed by atoms with Gasteiger partial charge in [0.2, 0.25) is 0 Å². The molecule has 5 nitrogen and oxygen atoms in total. The molecule has 1 aromatic carbocycles. The normalized spacial score (nSPS) is 10.5. The fourth-order valence-corrected chi connectivity index (χ4v) is 1.89. The Bertz CT molecular complexity index is 637. The van der Waals surface area contributed by atoms with Crippen molar-refractivity contribution >= 4 is 23.3 Å². The Morgan fingerprint density at radius 2 is 2.00 bits per heavy atom. The first-order valence-corrected chi connectivity index (χ1v) is 6.99. The van der Waals surface area contributed by atoms with Crippen LogP contribution in [0.1, 0.15) is 25.5 Å². The largest absolute Gasteiger partial charge is 0.420 e. The predicted octanol–water partition coefficient (Wildman–Crippen LogP) is 3.27. The highest BCUT2D eigenvalue weighted by atomic mass is 32.1. The topological polar surface area (TPSA) is 47.4 Å². The smallest absolute Gasteiger partial charge is 0.407 e. The Kier molecular flexibility index (Phi) is 4.70. The third-order valence-corrected chi connectivity index (χ3v) is 3.42. The van der Waals surface area contributed by atoms with Gasteiger partial charge in [-0.05, 0) is 13.8 Å². The van der Waals surface area contributed by atoms with Crippen LogP contribution in [0.25, 0.3) is 0 Å². The fourth-order valence-electron chi connectivity index (χ4n) is 1.68. The molecule has 0 saturated carbocycles. The molecule has 6 heteroatoms. The van der Waals surface area contributed by atoms with E-state index in [-0.39, 0.29) is 6.04 Å². The van der Waals surface area contributed by atoms with E-state index < -0.39 is 6.09 Å². The Morgan fingerprint density at radius 1 is 1.33 bits per heavy atom. The minimum Gasteiger partial charge on any atom is -0.407 e. The number of ether oxygens (including phenoxy) is 1. The fraction of sp³-hybridized carbons (Fsp3) is 0.267. The molecule has 0 spiro atoms. The van der Waals surface area contributed by atoms with Crippen LogP contribution in [0, 0.1) is 0 Å². The Labute approximate surface area is 129 Å². The van der Waals surface area contributed by atoms with E-state index in [1.165, 1.54) is 11.1 Å². The van der Waals surface area contributed by atoms with Crippen LogP contribution in [0.3, 0.4) is 0 Å². The van der Waals surface area contributed by atoms with Crippen LogP contribution in [0.2, 0.25) is 0 Å². The summed E-state index contributed by atoms with van der Waals surface area (Å²) in [6.07, 6.45) is 2.66. The number of nitrogens with zero attached hydrogens (tertiary/aromatic N) is 3. The van der Waals surface area contributed by atoms with Gasteiger partial charge in [0.25, 0.3) is 0 Å². The molecule has 110 valence electrons. The monoisotopic (exact) mass is 303 g/mol. The zero-order valence-electron chi connectivity index (χ0n) is 12.2. The van der Waals surface area contributed by atoms with Crippen molar-refractivity contribution in [2.75, 3.05) is 7.05 Å². The van der Waals surface area contributed by atoms with E-state index >= 15 is 0 Å². The van der Waals surface area contributed by atoms with E-state index in [0.29, 0.717) is 10.7 Å². The summed E-state index contributed by atoms with van der Waals surface area (Å²) < 4.78 is 6.99. The second-order valence-corrected chi connectivity index (χ2v) is 5.23. The number of carbonyl (C=O) groups excluding carboxylic acids is 1. The Balaban J connectivity index is 2.04. The highest BCUT2D eigenvalue weighted by molar-refractivity contribution is 7.80. The van der Waals surface area contributed by atoms with Gasteiger partial charge in [0.15, 0.2) is 5.75 Å². The molecule has 0 aliphatic carbocycles. The van der Waals surface area contributed by atoms with E-state index in [4.69, 9.17) is 17.0 Å². The number of carbonyl (C=O) groups is 1. The van der Waals surface area contributed by atoms with E-state index in [2.05, 4.69) is 5.10 Å². The molecular formula is C15H17N3O2S. The molecule has 1 amide bonds. The van der Waals surface area contributed by atoms with Crippen LogP contribution < -0.4 is 4.74 Å². The second-order valence-electron chi connectivity index (χ2n) is 4.85. The van der Waals surface area contributed by atoms with Crippen molar-refractivity contribution in [2.45, 2.75) is 19.9 Å². The molecule has 1 heterocycles. The summed E-state index contributed by atoms with van der Waals surface area (Å²) in [7, 11) is 1.59. The maximum atomic E-state index is 12.1. The van der Waals surface area contributed by atoms with E-state index in [1.54, 1.807) is 17.9 Å². The first kappa shape index (κ1) is 15.2. The number of thiocarbonyl (C=S) groups is 1. The van der Waals surface area contributed by atoms with Gasteiger partial charge in [-0.15, -0.1) is 0 Å². The van der Waals surface area contributed by atoms with Gasteiger partial charge in [-0.1, -0.05) is 42.5 Å². The lowest BCUT2D eigenvalue weighted by Gasteiger charge is -2.17. The molecule has 0 radical (unpaired) electrons. The molecule has 0 fully saturated rings. The van der Waals surface area contributed by atoms with Gasteiger partial charge < -0.3 is 4.74 Å². The number of rotatable bonds is 3. The van der Waals surface area contributed by atoms with Crippen LogP contribution in [-0.4, -0.2) is 32.8 Å². The van der Waals surface area contributed by atoms with Crippen LogP contribution in [-0.2, 0) is 0 Å². The zero-order chi connectivity index (χ0) is 15.4. The number of hydrogen-bond acceptors (Lipinski definition) is 4. The van der Waals surface area contributed by atoms with Gasteiger partial charge in [-0.2, -0.15) is 5.10 Å². The lowest BCUT2D eigenvalue weighted by Crippen LogP contribution is -2.34. The molecule has 0 aliphatic heterocycles. The van der Waals surface area contributed by atoms with Crippen molar-refractivity contribution in [3.63, 3.8) is 0 Å². The molecule has 1 aromatic heterocycles. The molecular weight excluding hydrogens is 286 g/mol. The molecule has 21 heavy (non-hydrogen) atoms. The van der Waals surface area contributed by atoms with Crippen molar-refractivity contribution in [3.8, 4) is 5.75 Å². The van der Waals surface area contributed by atoms with Gasteiger partial charge in [-0.25, -0.2) is 4.79 Å². The van der Waals surface area contributed by atoms with Gasteiger partial charge in [0.1, 0.15) is 4.99 Å². The van der Waals surface area contributed by atoms with Gasteiger partial charge >= 0.3 is 6.09 Å². The SMILES string of the molecule is CC(C)n1cc(OC(=O)N(C)C(=S)c2ccccc2)cn1. The Hall–Kier alpha value is -2.21. The summed E-state index contributed by atoms with van der Waals surface area (Å²) in [4.78, 5) is 13.8. The third-order valence-electron chi connectivity index (χ3n) is 2.91. The number of amides is 1. The highest BCUT2D eigenvalue weighted by Gasteiger charge is 2.18. The second kappa shape index (κ2) is 6.49. The van der Waals surface area contributed by atoms with Gasteiger partial charge in [0, 0.05) is 18.7 Å². The minimum atomic E-state index is -0.535. The first-order chi connectivity index (χ1) is 9.99. The summed E-state index contributed by atoms with van der Waals surface area (Å²) in [5.74, 6) is 0.399. The predicted molar refractivity (Wildman–Crippen MR) is 84.5 cm³/mol.